The summed E-state index contributed by atoms with van der Waals surface area (Å²) in [4.78, 5) is 0. The molecule has 0 saturated heterocycles. The molecule has 1 heterocycles. The van der Waals surface area contributed by atoms with E-state index in [1.165, 1.54) is 0 Å². The van der Waals surface area contributed by atoms with Gasteiger partial charge in [-0.15, -0.1) is 0 Å². The predicted molar refractivity (Wildman–Crippen MR) is 79.2 cm³/mol. The Morgan fingerprint density at radius 1 is 1.40 bits per heavy atom. The zero-order valence-electron chi connectivity index (χ0n) is 11.3. The number of nitrogens with one attached hydrogen (secondary N) is 1. The van der Waals surface area contributed by atoms with Gasteiger partial charge in [-0.2, -0.15) is 0 Å². The number of rotatable bonds is 5. The van der Waals surface area contributed by atoms with Crippen molar-refractivity contribution in [2.45, 2.75) is 32.9 Å². The zero-order chi connectivity index (χ0) is 14.7. The van der Waals surface area contributed by atoms with E-state index >= 15 is 0 Å². The highest BCUT2D eigenvalue weighted by Gasteiger charge is 2.17. The lowest BCUT2D eigenvalue weighted by atomic mass is 10.0. The number of aromatic hydroxyl groups is 1. The summed E-state index contributed by atoms with van der Waals surface area (Å²) in [6.45, 7) is 4.42. The summed E-state index contributed by atoms with van der Waals surface area (Å²) >= 11 is 11.8. The van der Waals surface area contributed by atoms with Crippen LogP contribution in [0.25, 0.3) is 0 Å². The van der Waals surface area contributed by atoms with Gasteiger partial charge < -0.3 is 14.9 Å². The number of phenols is 1. The third-order valence-electron chi connectivity index (χ3n) is 3.08. The molecule has 0 aliphatic carbocycles. The van der Waals surface area contributed by atoms with Crippen LogP contribution in [0.5, 0.6) is 5.75 Å². The summed E-state index contributed by atoms with van der Waals surface area (Å²) in [5, 5.41) is 17.8. The maximum Gasteiger partial charge on any atom is 0.150 e. The molecule has 20 heavy (non-hydrogen) atoms. The molecule has 1 aromatic carbocycles. The Hall–Kier alpha value is -1.23. The van der Waals surface area contributed by atoms with Gasteiger partial charge in [-0.25, -0.2) is 0 Å². The molecular formula is C14H16Cl2N2O2. The molecule has 4 nitrogen and oxygen atoms in total. The van der Waals surface area contributed by atoms with Gasteiger partial charge in [0.05, 0.1) is 17.3 Å². The van der Waals surface area contributed by atoms with E-state index in [1.807, 2.05) is 19.9 Å². The quantitative estimate of drug-likeness (QED) is 0.866. The first-order valence-electron chi connectivity index (χ1n) is 6.35. The van der Waals surface area contributed by atoms with Gasteiger partial charge in [0.1, 0.15) is 10.8 Å². The highest BCUT2D eigenvalue weighted by molar-refractivity contribution is 6.43. The van der Waals surface area contributed by atoms with Crippen LogP contribution in [-0.2, 0) is 6.54 Å². The second-order valence-electron chi connectivity index (χ2n) is 4.58. The lowest BCUT2D eigenvalue weighted by Crippen LogP contribution is -2.20. The number of nitrogens with zero attached hydrogens (tertiary/aromatic N) is 1. The van der Waals surface area contributed by atoms with Crippen molar-refractivity contribution in [3.8, 4) is 5.75 Å². The number of phenolic OH excluding ortho intramolecular Hbond substituents is 1. The van der Waals surface area contributed by atoms with Gasteiger partial charge in [-0.1, -0.05) is 41.3 Å². The van der Waals surface area contributed by atoms with Gasteiger partial charge in [0, 0.05) is 17.7 Å². The summed E-state index contributed by atoms with van der Waals surface area (Å²) in [7, 11) is 0. The zero-order valence-corrected chi connectivity index (χ0v) is 12.8. The number of aromatic nitrogens is 1. The van der Waals surface area contributed by atoms with Crippen LogP contribution in [0.1, 0.15) is 36.4 Å². The molecule has 2 rings (SSSR count). The Morgan fingerprint density at radius 3 is 2.75 bits per heavy atom. The SMILES string of the molecule is CCC(NCc1cc(C)no1)c1ccc(Cl)c(Cl)c1O. The summed E-state index contributed by atoms with van der Waals surface area (Å²) in [5.74, 6) is 0.771. The Morgan fingerprint density at radius 2 is 2.15 bits per heavy atom. The van der Waals surface area contributed by atoms with Crippen molar-refractivity contribution >= 4 is 23.2 Å². The summed E-state index contributed by atoms with van der Waals surface area (Å²) in [6, 6.07) is 5.28. The van der Waals surface area contributed by atoms with Crippen LogP contribution in [0, 0.1) is 6.92 Å². The minimum absolute atomic E-state index is 0.0206. The highest BCUT2D eigenvalue weighted by Crippen LogP contribution is 2.37. The number of hydrogen-bond donors (Lipinski definition) is 2. The molecule has 1 aromatic heterocycles. The minimum Gasteiger partial charge on any atom is -0.506 e. The van der Waals surface area contributed by atoms with Crippen molar-refractivity contribution in [3.63, 3.8) is 0 Å². The molecule has 2 aromatic rings. The molecule has 0 aliphatic rings. The van der Waals surface area contributed by atoms with E-state index in [2.05, 4.69) is 10.5 Å². The maximum absolute atomic E-state index is 10.1. The van der Waals surface area contributed by atoms with E-state index in [1.54, 1.807) is 12.1 Å². The van der Waals surface area contributed by atoms with Crippen LogP contribution in [0.15, 0.2) is 22.7 Å². The van der Waals surface area contributed by atoms with Crippen molar-refractivity contribution in [2.24, 2.45) is 0 Å². The van der Waals surface area contributed by atoms with Crippen LogP contribution < -0.4 is 5.32 Å². The molecule has 108 valence electrons. The minimum atomic E-state index is -0.0461. The first kappa shape index (κ1) is 15.2. The van der Waals surface area contributed by atoms with E-state index in [-0.39, 0.29) is 16.8 Å². The van der Waals surface area contributed by atoms with E-state index in [0.29, 0.717) is 11.6 Å². The topological polar surface area (TPSA) is 58.3 Å². The van der Waals surface area contributed by atoms with Crippen LogP contribution >= 0.6 is 23.2 Å². The van der Waals surface area contributed by atoms with Crippen LogP contribution in [-0.4, -0.2) is 10.3 Å². The third kappa shape index (κ3) is 3.26. The number of benzene rings is 1. The van der Waals surface area contributed by atoms with Gasteiger partial charge in [0.15, 0.2) is 5.76 Å². The molecule has 0 fully saturated rings. The summed E-state index contributed by atoms with van der Waals surface area (Å²) < 4.78 is 5.15. The number of aryl methyl sites for hydroxylation is 1. The Labute approximate surface area is 127 Å². The van der Waals surface area contributed by atoms with Crippen molar-refractivity contribution in [1.29, 1.82) is 0 Å². The standard InChI is InChI=1S/C14H16Cl2N2O2/c1-3-12(17-7-9-6-8(2)18-20-9)10-4-5-11(15)13(16)14(10)19/h4-6,12,17,19H,3,7H2,1-2H3. The van der Waals surface area contributed by atoms with Crippen molar-refractivity contribution < 1.29 is 9.63 Å². The molecule has 1 unspecified atom stereocenters. The van der Waals surface area contributed by atoms with Crippen molar-refractivity contribution in [3.05, 3.63) is 45.3 Å². The third-order valence-corrected chi connectivity index (χ3v) is 3.88. The molecule has 0 radical (unpaired) electrons. The molecule has 2 N–H and O–H groups in total. The van der Waals surface area contributed by atoms with Crippen LogP contribution in [0.3, 0.4) is 0 Å². The first-order chi connectivity index (χ1) is 9.52. The normalized spacial score (nSPS) is 12.6. The van der Waals surface area contributed by atoms with E-state index in [0.717, 1.165) is 23.4 Å². The monoisotopic (exact) mass is 314 g/mol. The molecule has 0 aliphatic heterocycles. The Bertz CT molecular complexity index is 599. The fourth-order valence-corrected chi connectivity index (χ4v) is 2.36. The van der Waals surface area contributed by atoms with E-state index < -0.39 is 0 Å². The van der Waals surface area contributed by atoms with Gasteiger partial charge >= 0.3 is 0 Å². The van der Waals surface area contributed by atoms with Gasteiger partial charge in [-0.05, 0) is 19.4 Å². The van der Waals surface area contributed by atoms with E-state index in [4.69, 9.17) is 27.7 Å². The molecule has 0 amide bonds. The van der Waals surface area contributed by atoms with Gasteiger partial charge in [-0.3, -0.25) is 0 Å². The average molecular weight is 315 g/mol. The molecule has 0 saturated carbocycles. The summed E-state index contributed by atoms with van der Waals surface area (Å²) in [6.07, 6.45) is 0.790. The largest absolute Gasteiger partial charge is 0.506 e. The molecule has 0 spiro atoms. The predicted octanol–water partition coefficient (Wildman–Crippen LogP) is 4.24. The summed E-state index contributed by atoms with van der Waals surface area (Å²) in [5.41, 5.74) is 1.56. The van der Waals surface area contributed by atoms with Crippen molar-refractivity contribution in [2.75, 3.05) is 0 Å². The fourth-order valence-electron chi connectivity index (χ4n) is 2.03. The van der Waals surface area contributed by atoms with Gasteiger partial charge in [0.2, 0.25) is 0 Å². The smallest absolute Gasteiger partial charge is 0.150 e. The second-order valence-corrected chi connectivity index (χ2v) is 5.36. The lowest BCUT2D eigenvalue weighted by Gasteiger charge is -2.18. The fraction of sp³-hybridized carbons (Fsp3) is 0.357. The number of halogens is 2. The van der Waals surface area contributed by atoms with Crippen molar-refractivity contribution in [1.82, 2.24) is 10.5 Å². The molecular weight excluding hydrogens is 299 g/mol. The van der Waals surface area contributed by atoms with Crippen LogP contribution in [0.4, 0.5) is 0 Å². The second kappa shape index (κ2) is 6.48. The first-order valence-corrected chi connectivity index (χ1v) is 7.11. The Kier molecular flexibility index (Phi) is 4.91. The maximum atomic E-state index is 10.1. The van der Waals surface area contributed by atoms with E-state index in [9.17, 15) is 5.11 Å². The Balaban J connectivity index is 2.14. The lowest BCUT2D eigenvalue weighted by molar-refractivity contribution is 0.356. The van der Waals surface area contributed by atoms with Gasteiger partial charge in [0.25, 0.3) is 0 Å². The average Bonchev–Trinajstić information content (AvgIpc) is 2.84. The molecule has 1 atom stereocenters. The molecule has 6 heteroatoms. The number of hydrogen-bond acceptors (Lipinski definition) is 4. The highest BCUT2D eigenvalue weighted by atomic mass is 35.5. The molecule has 0 bridgehead atoms. The van der Waals surface area contributed by atoms with Crippen LogP contribution in [0.2, 0.25) is 10.0 Å².